The van der Waals surface area contributed by atoms with Crippen molar-refractivity contribution in [1.82, 2.24) is 0 Å². The van der Waals surface area contributed by atoms with Gasteiger partial charge in [0.1, 0.15) is 5.75 Å². The molecule has 0 aliphatic carbocycles. The normalized spacial score (nSPS) is 10.3. The van der Waals surface area contributed by atoms with Crippen molar-refractivity contribution in [3.05, 3.63) is 41.5 Å². The van der Waals surface area contributed by atoms with E-state index in [1.54, 1.807) is 31.2 Å². The molecular weight excluding hydrogens is 312 g/mol. The molecule has 6 heteroatoms. The van der Waals surface area contributed by atoms with E-state index < -0.39 is 11.5 Å². The molecule has 0 aliphatic heterocycles. The number of ether oxygens (including phenoxy) is 3. The van der Waals surface area contributed by atoms with E-state index in [9.17, 15) is 15.0 Å². The van der Waals surface area contributed by atoms with Gasteiger partial charge in [0.2, 0.25) is 11.5 Å². The molecule has 0 unspecified atom stereocenters. The van der Waals surface area contributed by atoms with E-state index in [-0.39, 0.29) is 29.4 Å². The highest BCUT2D eigenvalue weighted by molar-refractivity contribution is 6.11. The van der Waals surface area contributed by atoms with Crippen molar-refractivity contribution in [1.29, 1.82) is 0 Å². The summed E-state index contributed by atoms with van der Waals surface area (Å²) in [6, 6.07) is 7.81. The maximum Gasteiger partial charge on any atom is 0.206 e. The molecule has 0 radical (unpaired) electrons. The first-order valence-electron chi connectivity index (χ1n) is 7.56. The summed E-state index contributed by atoms with van der Waals surface area (Å²) in [4.78, 5) is 12.7. The summed E-state index contributed by atoms with van der Waals surface area (Å²) >= 11 is 0. The minimum absolute atomic E-state index is 0.0222. The summed E-state index contributed by atoms with van der Waals surface area (Å²) in [7, 11) is 1.30. The lowest BCUT2D eigenvalue weighted by Crippen LogP contribution is -2.06. The number of phenolic OH excluding ortho intramolecular Hbond substituents is 2. The van der Waals surface area contributed by atoms with Crippen LogP contribution in [0.4, 0.5) is 0 Å². The number of rotatable bonds is 7. The Morgan fingerprint density at radius 2 is 1.62 bits per heavy atom. The third-order valence-electron chi connectivity index (χ3n) is 3.35. The largest absolute Gasteiger partial charge is 0.504 e. The lowest BCUT2D eigenvalue weighted by molar-refractivity contribution is 0.103. The van der Waals surface area contributed by atoms with Crippen LogP contribution in [0.3, 0.4) is 0 Å². The van der Waals surface area contributed by atoms with Gasteiger partial charge in [0.05, 0.1) is 25.9 Å². The number of benzene rings is 2. The topological polar surface area (TPSA) is 85.2 Å². The van der Waals surface area contributed by atoms with Gasteiger partial charge in [0.15, 0.2) is 17.3 Å². The molecular formula is C18H20O6. The Balaban J connectivity index is 2.48. The third kappa shape index (κ3) is 3.37. The minimum Gasteiger partial charge on any atom is -0.504 e. The van der Waals surface area contributed by atoms with Gasteiger partial charge in [-0.1, -0.05) is 0 Å². The molecule has 2 N–H and O–H groups in total. The van der Waals surface area contributed by atoms with Crippen LogP contribution in [0, 0.1) is 0 Å². The fourth-order valence-corrected chi connectivity index (χ4v) is 2.30. The molecule has 0 aliphatic rings. The van der Waals surface area contributed by atoms with Gasteiger partial charge in [0, 0.05) is 5.56 Å². The summed E-state index contributed by atoms with van der Waals surface area (Å²) in [5.74, 6) is -0.650. The van der Waals surface area contributed by atoms with Crippen LogP contribution in [0.5, 0.6) is 28.7 Å². The summed E-state index contributed by atoms with van der Waals surface area (Å²) in [5, 5.41) is 20.2. The second kappa shape index (κ2) is 7.59. The first kappa shape index (κ1) is 17.5. The molecule has 0 atom stereocenters. The number of carbonyl (C=O) groups is 1. The summed E-state index contributed by atoms with van der Waals surface area (Å²) < 4.78 is 15.7. The highest BCUT2D eigenvalue weighted by atomic mass is 16.5. The van der Waals surface area contributed by atoms with Crippen molar-refractivity contribution in [3.63, 3.8) is 0 Å². The van der Waals surface area contributed by atoms with Gasteiger partial charge >= 0.3 is 0 Å². The molecule has 128 valence electrons. The number of carbonyl (C=O) groups excluding carboxylic acids is 1. The maximum absolute atomic E-state index is 12.7. The highest BCUT2D eigenvalue weighted by Crippen LogP contribution is 2.46. The smallest absolute Gasteiger partial charge is 0.206 e. The maximum atomic E-state index is 12.7. The minimum atomic E-state index is -0.409. The van der Waals surface area contributed by atoms with E-state index in [2.05, 4.69) is 0 Å². The number of hydrogen-bond acceptors (Lipinski definition) is 6. The number of phenols is 2. The second-order valence-corrected chi connectivity index (χ2v) is 4.87. The molecule has 24 heavy (non-hydrogen) atoms. The van der Waals surface area contributed by atoms with Crippen LogP contribution < -0.4 is 14.2 Å². The predicted molar refractivity (Wildman–Crippen MR) is 88.5 cm³/mol. The Kier molecular flexibility index (Phi) is 5.52. The molecule has 2 aromatic carbocycles. The molecule has 0 amide bonds. The van der Waals surface area contributed by atoms with Crippen LogP contribution >= 0.6 is 0 Å². The van der Waals surface area contributed by atoms with Crippen LogP contribution in [0.25, 0.3) is 0 Å². The lowest BCUT2D eigenvalue weighted by Gasteiger charge is -2.15. The second-order valence-electron chi connectivity index (χ2n) is 4.87. The fraction of sp³-hybridized carbons (Fsp3) is 0.278. The first-order valence-corrected chi connectivity index (χ1v) is 7.56. The molecule has 2 rings (SSSR count). The van der Waals surface area contributed by atoms with Crippen LogP contribution in [0.15, 0.2) is 30.3 Å². The number of methoxy groups -OCH3 is 1. The zero-order valence-electron chi connectivity index (χ0n) is 13.8. The van der Waals surface area contributed by atoms with Crippen molar-refractivity contribution in [2.45, 2.75) is 13.8 Å². The number of ketones is 1. The van der Waals surface area contributed by atoms with Crippen molar-refractivity contribution in [2.24, 2.45) is 0 Å². The van der Waals surface area contributed by atoms with E-state index >= 15 is 0 Å². The van der Waals surface area contributed by atoms with Crippen LogP contribution in [0.2, 0.25) is 0 Å². The van der Waals surface area contributed by atoms with Gasteiger partial charge < -0.3 is 24.4 Å². The van der Waals surface area contributed by atoms with Crippen molar-refractivity contribution >= 4 is 5.78 Å². The van der Waals surface area contributed by atoms with Gasteiger partial charge in [-0.2, -0.15) is 0 Å². The SMILES string of the molecule is CCOc1ccc(C(=O)c2cc(O)c(OC)c(O)c2OCC)cc1. The van der Waals surface area contributed by atoms with Crippen LogP contribution in [-0.4, -0.2) is 36.3 Å². The molecule has 0 fully saturated rings. The quantitative estimate of drug-likeness (QED) is 0.758. The van der Waals surface area contributed by atoms with Crippen molar-refractivity contribution < 1.29 is 29.2 Å². The zero-order chi connectivity index (χ0) is 17.7. The van der Waals surface area contributed by atoms with E-state index in [1.165, 1.54) is 13.2 Å². The Morgan fingerprint density at radius 1 is 1.00 bits per heavy atom. The van der Waals surface area contributed by atoms with Crippen LogP contribution in [0.1, 0.15) is 29.8 Å². The van der Waals surface area contributed by atoms with Gasteiger partial charge in [-0.05, 0) is 44.2 Å². The molecule has 0 bridgehead atoms. The van der Waals surface area contributed by atoms with E-state index in [1.807, 2.05) is 6.92 Å². The lowest BCUT2D eigenvalue weighted by atomic mass is 10.0. The Hall–Kier alpha value is -2.89. The standard InChI is InChI=1S/C18H20O6/c1-4-23-12-8-6-11(7-9-12)15(20)13-10-14(19)18(22-3)16(21)17(13)24-5-2/h6-10,19,21H,4-5H2,1-3H3. The first-order chi connectivity index (χ1) is 11.5. The molecule has 2 aromatic rings. The molecule has 0 aromatic heterocycles. The molecule has 0 saturated heterocycles. The van der Waals surface area contributed by atoms with E-state index in [0.717, 1.165) is 0 Å². The summed E-state index contributed by atoms with van der Waals surface area (Å²) in [5.41, 5.74) is 0.431. The molecule has 6 nitrogen and oxygen atoms in total. The Bertz CT molecular complexity index is 721. The summed E-state index contributed by atoms with van der Waals surface area (Å²) in [6.45, 7) is 4.37. The Labute approximate surface area is 140 Å². The average molecular weight is 332 g/mol. The molecule has 0 saturated carbocycles. The average Bonchev–Trinajstić information content (AvgIpc) is 2.58. The van der Waals surface area contributed by atoms with Crippen molar-refractivity contribution in [3.8, 4) is 28.7 Å². The third-order valence-corrected chi connectivity index (χ3v) is 3.35. The van der Waals surface area contributed by atoms with Gasteiger partial charge in [-0.25, -0.2) is 0 Å². The van der Waals surface area contributed by atoms with E-state index in [4.69, 9.17) is 14.2 Å². The van der Waals surface area contributed by atoms with Crippen molar-refractivity contribution in [2.75, 3.05) is 20.3 Å². The number of aromatic hydroxyl groups is 2. The molecule has 0 heterocycles. The van der Waals surface area contributed by atoms with E-state index in [0.29, 0.717) is 17.9 Å². The fourth-order valence-electron chi connectivity index (χ4n) is 2.30. The number of hydrogen-bond donors (Lipinski definition) is 2. The monoisotopic (exact) mass is 332 g/mol. The zero-order valence-corrected chi connectivity index (χ0v) is 13.8. The summed E-state index contributed by atoms with van der Waals surface area (Å²) in [6.07, 6.45) is 0. The van der Waals surface area contributed by atoms with Gasteiger partial charge in [-0.15, -0.1) is 0 Å². The predicted octanol–water partition coefficient (Wildman–Crippen LogP) is 3.13. The van der Waals surface area contributed by atoms with Gasteiger partial charge in [-0.3, -0.25) is 4.79 Å². The van der Waals surface area contributed by atoms with Gasteiger partial charge in [0.25, 0.3) is 0 Å². The molecule has 0 spiro atoms. The highest BCUT2D eigenvalue weighted by Gasteiger charge is 2.24. The Morgan fingerprint density at radius 3 is 2.17 bits per heavy atom. The van der Waals surface area contributed by atoms with Crippen LogP contribution in [-0.2, 0) is 0 Å².